The van der Waals surface area contributed by atoms with Gasteiger partial charge in [-0.2, -0.15) is 0 Å². The summed E-state index contributed by atoms with van der Waals surface area (Å²) in [5.74, 6) is 1.01. The van der Waals surface area contributed by atoms with E-state index in [-0.39, 0.29) is 24.8 Å². The molecule has 0 aliphatic carbocycles. The summed E-state index contributed by atoms with van der Waals surface area (Å²) in [4.78, 5) is 4.01. The van der Waals surface area contributed by atoms with Crippen molar-refractivity contribution in [2.75, 3.05) is 26.2 Å². The van der Waals surface area contributed by atoms with Crippen molar-refractivity contribution < 1.29 is 4.74 Å². The number of piperazine rings is 1. The molecule has 0 radical (unpaired) electrons. The van der Waals surface area contributed by atoms with Crippen molar-refractivity contribution in [3.8, 4) is 5.75 Å². The molecule has 1 fully saturated rings. The van der Waals surface area contributed by atoms with Crippen molar-refractivity contribution in [2.24, 2.45) is 0 Å². The van der Waals surface area contributed by atoms with E-state index >= 15 is 0 Å². The van der Waals surface area contributed by atoms with Crippen LogP contribution in [0.5, 0.6) is 5.75 Å². The molecule has 1 saturated heterocycles. The lowest BCUT2D eigenvalue weighted by Crippen LogP contribution is -2.45. The van der Waals surface area contributed by atoms with Crippen molar-refractivity contribution in [2.45, 2.75) is 26.5 Å². The summed E-state index contributed by atoms with van der Waals surface area (Å²) in [6.07, 6.45) is 0. The van der Waals surface area contributed by atoms with E-state index in [1.165, 1.54) is 27.1 Å². The number of hydrogen-bond donors (Lipinski definition) is 1. The first kappa shape index (κ1) is 24.7. The summed E-state index contributed by atoms with van der Waals surface area (Å²) in [7, 11) is 0. The van der Waals surface area contributed by atoms with Gasteiger partial charge in [-0.3, -0.25) is 4.90 Å². The van der Waals surface area contributed by atoms with Crippen LogP contribution in [0.25, 0.3) is 0 Å². The molecule has 2 heterocycles. The molecule has 4 rings (SSSR count). The third kappa shape index (κ3) is 5.77. The van der Waals surface area contributed by atoms with Crippen LogP contribution in [0.2, 0.25) is 0 Å². The maximum atomic E-state index is 6.20. The predicted octanol–water partition coefficient (Wildman–Crippen LogP) is 5.78. The van der Waals surface area contributed by atoms with Crippen LogP contribution in [-0.2, 0) is 6.61 Å². The zero-order valence-electron chi connectivity index (χ0n) is 17.5. The van der Waals surface area contributed by atoms with Gasteiger partial charge in [0.2, 0.25) is 0 Å². The molecule has 3 aromatic rings. The van der Waals surface area contributed by atoms with E-state index in [1.807, 2.05) is 17.4 Å². The van der Waals surface area contributed by atoms with Crippen molar-refractivity contribution in [3.05, 3.63) is 87.1 Å². The third-order valence-corrected chi connectivity index (χ3v) is 6.28. The molecular formula is C24H30Cl2N2OS. The van der Waals surface area contributed by atoms with Gasteiger partial charge in [-0.25, -0.2) is 0 Å². The number of hydrogen-bond acceptors (Lipinski definition) is 4. The number of aryl methyl sites for hydroxylation is 2. The zero-order valence-corrected chi connectivity index (χ0v) is 19.9. The highest BCUT2D eigenvalue weighted by molar-refractivity contribution is 7.10. The van der Waals surface area contributed by atoms with Gasteiger partial charge >= 0.3 is 0 Å². The summed E-state index contributed by atoms with van der Waals surface area (Å²) < 4.78 is 6.20. The van der Waals surface area contributed by atoms with Gasteiger partial charge in [0.25, 0.3) is 0 Å². The fourth-order valence-corrected chi connectivity index (χ4v) is 4.93. The maximum Gasteiger partial charge on any atom is 0.125 e. The Morgan fingerprint density at radius 1 is 0.967 bits per heavy atom. The Bertz CT molecular complexity index is 874. The molecule has 0 unspecified atom stereocenters. The standard InChI is InChI=1S/C24H28N2OS.2ClH/c1-18-15-21(16-19(2)24(18)27-17-20-7-4-3-5-8-20)23(22-9-6-14-28-22)26-12-10-25-11-13-26;;/h3-9,14-16,23,25H,10-13,17H2,1-2H3;2*1H/t23-;;/m1../s1. The highest BCUT2D eigenvalue weighted by Crippen LogP contribution is 2.36. The fraction of sp³-hybridized carbons (Fsp3) is 0.333. The Morgan fingerprint density at radius 3 is 2.23 bits per heavy atom. The van der Waals surface area contributed by atoms with Crippen LogP contribution in [0.3, 0.4) is 0 Å². The second-order valence-electron chi connectivity index (χ2n) is 7.46. The van der Waals surface area contributed by atoms with Crippen LogP contribution in [0.4, 0.5) is 0 Å². The molecule has 0 spiro atoms. The highest BCUT2D eigenvalue weighted by Gasteiger charge is 2.25. The minimum atomic E-state index is 0. The van der Waals surface area contributed by atoms with E-state index in [0.717, 1.165) is 31.9 Å². The minimum absolute atomic E-state index is 0. The van der Waals surface area contributed by atoms with E-state index in [4.69, 9.17) is 4.74 Å². The molecule has 162 valence electrons. The molecule has 1 N–H and O–H groups in total. The molecule has 0 amide bonds. The van der Waals surface area contributed by atoms with Crippen LogP contribution in [-0.4, -0.2) is 31.1 Å². The summed E-state index contributed by atoms with van der Waals surface area (Å²) in [6, 6.07) is 19.7. The van der Waals surface area contributed by atoms with Crippen molar-refractivity contribution in [1.82, 2.24) is 10.2 Å². The third-order valence-electron chi connectivity index (χ3n) is 5.35. The Kier molecular flexibility index (Phi) is 9.66. The quantitative estimate of drug-likeness (QED) is 0.499. The smallest absolute Gasteiger partial charge is 0.125 e. The van der Waals surface area contributed by atoms with Gasteiger partial charge in [-0.15, -0.1) is 36.2 Å². The molecule has 2 aromatic carbocycles. The summed E-state index contributed by atoms with van der Waals surface area (Å²) in [5.41, 5.74) is 4.99. The Labute approximate surface area is 196 Å². The SMILES string of the molecule is Cc1cc([C@H](c2cccs2)N2CCNCC2)cc(C)c1OCc1ccccc1.Cl.Cl. The number of thiophene rings is 1. The van der Waals surface area contributed by atoms with Crippen LogP contribution in [0.1, 0.15) is 33.2 Å². The topological polar surface area (TPSA) is 24.5 Å². The van der Waals surface area contributed by atoms with Crippen LogP contribution in [0, 0.1) is 13.8 Å². The second-order valence-corrected chi connectivity index (χ2v) is 8.44. The predicted molar refractivity (Wildman–Crippen MR) is 132 cm³/mol. The number of halogens is 2. The number of ether oxygens (including phenoxy) is 1. The minimum Gasteiger partial charge on any atom is -0.488 e. The van der Waals surface area contributed by atoms with Gasteiger partial charge in [-0.1, -0.05) is 48.5 Å². The molecule has 1 atom stereocenters. The Balaban J connectivity index is 0.00000160. The molecule has 0 bridgehead atoms. The molecular weight excluding hydrogens is 435 g/mol. The van der Waals surface area contributed by atoms with Crippen molar-refractivity contribution in [1.29, 1.82) is 0 Å². The van der Waals surface area contributed by atoms with E-state index in [2.05, 4.69) is 78.0 Å². The number of benzene rings is 2. The molecule has 30 heavy (non-hydrogen) atoms. The maximum absolute atomic E-state index is 6.20. The molecule has 1 aromatic heterocycles. The molecule has 0 saturated carbocycles. The normalized spacial score (nSPS) is 15.0. The average molecular weight is 465 g/mol. The first-order valence-electron chi connectivity index (χ1n) is 9.98. The van der Waals surface area contributed by atoms with Gasteiger partial charge in [0.1, 0.15) is 12.4 Å². The van der Waals surface area contributed by atoms with Gasteiger partial charge < -0.3 is 10.1 Å². The highest BCUT2D eigenvalue weighted by atomic mass is 35.5. The first-order chi connectivity index (χ1) is 13.7. The lowest BCUT2D eigenvalue weighted by molar-refractivity contribution is 0.200. The van der Waals surface area contributed by atoms with Gasteiger partial charge in [0, 0.05) is 31.1 Å². The van der Waals surface area contributed by atoms with Gasteiger partial charge in [-0.05, 0) is 47.5 Å². The number of nitrogens with one attached hydrogen (secondary N) is 1. The second kappa shape index (κ2) is 11.7. The van der Waals surface area contributed by atoms with E-state index < -0.39 is 0 Å². The summed E-state index contributed by atoms with van der Waals surface area (Å²) in [6.45, 7) is 9.20. The molecule has 1 aliphatic heterocycles. The van der Waals surface area contributed by atoms with Gasteiger partial charge in [0.15, 0.2) is 0 Å². The van der Waals surface area contributed by atoms with Crippen LogP contribution >= 0.6 is 36.2 Å². The largest absolute Gasteiger partial charge is 0.488 e. The summed E-state index contributed by atoms with van der Waals surface area (Å²) >= 11 is 1.85. The Morgan fingerprint density at radius 2 is 1.63 bits per heavy atom. The monoisotopic (exact) mass is 464 g/mol. The van der Waals surface area contributed by atoms with Crippen LogP contribution in [0.15, 0.2) is 60.0 Å². The zero-order chi connectivity index (χ0) is 19.3. The van der Waals surface area contributed by atoms with E-state index in [9.17, 15) is 0 Å². The lowest BCUT2D eigenvalue weighted by atomic mass is 9.97. The van der Waals surface area contributed by atoms with Crippen LogP contribution < -0.4 is 10.1 Å². The molecule has 1 aliphatic rings. The van der Waals surface area contributed by atoms with Crippen molar-refractivity contribution >= 4 is 36.2 Å². The first-order valence-corrected chi connectivity index (χ1v) is 10.9. The lowest BCUT2D eigenvalue weighted by Gasteiger charge is -2.35. The number of nitrogens with zero attached hydrogens (tertiary/aromatic N) is 1. The van der Waals surface area contributed by atoms with Crippen molar-refractivity contribution in [3.63, 3.8) is 0 Å². The average Bonchev–Trinajstić information content (AvgIpc) is 3.23. The molecule has 3 nitrogen and oxygen atoms in total. The Hall–Kier alpha value is -1.56. The fourth-order valence-electron chi connectivity index (χ4n) is 4.04. The van der Waals surface area contributed by atoms with E-state index in [1.54, 1.807) is 0 Å². The van der Waals surface area contributed by atoms with E-state index in [0.29, 0.717) is 12.6 Å². The summed E-state index contributed by atoms with van der Waals surface area (Å²) in [5, 5.41) is 5.65. The number of rotatable bonds is 6. The van der Waals surface area contributed by atoms with Gasteiger partial charge in [0.05, 0.1) is 6.04 Å². The molecule has 6 heteroatoms.